The molecule has 0 spiro atoms. The van der Waals surface area contributed by atoms with Crippen LogP contribution in [0.4, 0.5) is 0 Å². The lowest BCUT2D eigenvalue weighted by molar-refractivity contribution is -0.127. The van der Waals surface area contributed by atoms with Gasteiger partial charge in [-0.3, -0.25) is 4.79 Å². The van der Waals surface area contributed by atoms with Crippen LogP contribution in [0.1, 0.15) is 60.8 Å². The van der Waals surface area contributed by atoms with Gasteiger partial charge in [0, 0.05) is 5.41 Å². The first kappa shape index (κ1) is 14.4. The number of allylic oxidation sites excluding steroid dienone is 2. The van der Waals surface area contributed by atoms with Crippen LogP contribution >= 0.6 is 0 Å². The van der Waals surface area contributed by atoms with Crippen LogP contribution in [-0.2, 0) is 4.79 Å². The number of rotatable bonds is 6. The van der Waals surface area contributed by atoms with E-state index in [0.29, 0.717) is 11.7 Å². The molecule has 0 amide bonds. The lowest BCUT2D eigenvalue weighted by Crippen LogP contribution is -2.31. The van der Waals surface area contributed by atoms with Crippen molar-refractivity contribution in [3.63, 3.8) is 0 Å². The second-order valence-electron chi connectivity index (χ2n) is 4.88. The zero-order valence-corrected chi connectivity index (χ0v) is 11.2. The minimum absolute atomic E-state index is 0.186. The predicted octanol–water partition coefficient (Wildman–Crippen LogP) is 4.37. The summed E-state index contributed by atoms with van der Waals surface area (Å²) in [6, 6.07) is 0. The molecular weight excluding hydrogens is 184 g/mol. The maximum Gasteiger partial charge on any atom is 0.136 e. The molecule has 2 atom stereocenters. The first-order valence-electron chi connectivity index (χ1n) is 6.06. The summed E-state index contributed by atoms with van der Waals surface area (Å²) in [7, 11) is 0. The summed E-state index contributed by atoms with van der Waals surface area (Å²) in [6.45, 7) is 12.4. The molecular formula is C14H26O. The van der Waals surface area contributed by atoms with Gasteiger partial charge in [-0.15, -0.1) is 0 Å². The van der Waals surface area contributed by atoms with Crippen molar-refractivity contribution in [3.8, 4) is 0 Å². The van der Waals surface area contributed by atoms with Crippen molar-refractivity contribution in [2.75, 3.05) is 0 Å². The van der Waals surface area contributed by atoms with Crippen molar-refractivity contribution in [1.29, 1.82) is 0 Å². The van der Waals surface area contributed by atoms with Gasteiger partial charge in [-0.05, 0) is 32.6 Å². The quantitative estimate of drug-likeness (QED) is 0.595. The Morgan fingerprint density at radius 3 is 2.20 bits per heavy atom. The Balaban J connectivity index is 4.74. The van der Waals surface area contributed by atoms with Crippen molar-refractivity contribution in [1.82, 2.24) is 0 Å². The standard InChI is InChI=1S/C14H26O/c1-7-9-11(3)10-12(4)14(6,8-2)13(5)15/h10,12H,7-9H2,1-6H3/b11-10+/t12-,14-/m0/s1. The van der Waals surface area contributed by atoms with Crippen LogP contribution in [0.15, 0.2) is 11.6 Å². The molecule has 0 N–H and O–H groups in total. The van der Waals surface area contributed by atoms with E-state index < -0.39 is 0 Å². The fraction of sp³-hybridized carbons (Fsp3) is 0.786. The first-order chi connectivity index (χ1) is 6.88. The fourth-order valence-electron chi connectivity index (χ4n) is 1.98. The third-order valence-electron chi connectivity index (χ3n) is 3.72. The average Bonchev–Trinajstić information content (AvgIpc) is 2.16. The smallest absolute Gasteiger partial charge is 0.136 e. The molecule has 0 unspecified atom stereocenters. The third-order valence-corrected chi connectivity index (χ3v) is 3.72. The van der Waals surface area contributed by atoms with Crippen molar-refractivity contribution in [2.45, 2.75) is 60.8 Å². The van der Waals surface area contributed by atoms with E-state index in [0.717, 1.165) is 12.8 Å². The Morgan fingerprint density at radius 2 is 1.87 bits per heavy atom. The normalized spacial score (nSPS) is 18.4. The molecule has 0 heterocycles. The van der Waals surface area contributed by atoms with Crippen LogP contribution in [-0.4, -0.2) is 5.78 Å². The van der Waals surface area contributed by atoms with Crippen LogP contribution in [0.2, 0.25) is 0 Å². The highest BCUT2D eigenvalue weighted by molar-refractivity contribution is 5.82. The fourth-order valence-corrected chi connectivity index (χ4v) is 1.98. The van der Waals surface area contributed by atoms with Crippen LogP contribution in [0.3, 0.4) is 0 Å². The molecule has 0 saturated carbocycles. The van der Waals surface area contributed by atoms with E-state index in [2.05, 4.69) is 40.7 Å². The van der Waals surface area contributed by atoms with Gasteiger partial charge in [-0.2, -0.15) is 0 Å². The zero-order chi connectivity index (χ0) is 12.1. The number of carbonyl (C=O) groups excluding carboxylic acids is 1. The summed E-state index contributed by atoms with van der Waals surface area (Å²) in [6.07, 6.45) is 5.51. The second-order valence-corrected chi connectivity index (χ2v) is 4.88. The summed E-state index contributed by atoms with van der Waals surface area (Å²) in [5.74, 6) is 0.643. The van der Waals surface area contributed by atoms with Gasteiger partial charge in [0.05, 0.1) is 0 Å². The van der Waals surface area contributed by atoms with E-state index in [1.165, 1.54) is 12.0 Å². The minimum atomic E-state index is -0.186. The maximum atomic E-state index is 11.6. The van der Waals surface area contributed by atoms with Crippen LogP contribution in [0, 0.1) is 11.3 Å². The molecule has 0 fully saturated rings. The summed E-state index contributed by atoms with van der Waals surface area (Å²) in [5, 5.41) is 0. The molecule has 0 aromatic rings. The largest absolute Gasteiger partial charge is 0.299 e. The van der Waals surface area contributed by atoms with Gasteiger partial charge in [0.1, 0.15) is 5.78 Å². The SMILES string of the molecule is CCC/C(C)=C/[C@H](C)[C@](C)(CC)C(C)=O. The molecule has 0 aliphatic carbocycles. The van der Waals surface area contributed by atoms with Gasteiger partial charge in [0.15, 0.2) is 0 Å². The minimum Gasteiger partial charge on any atom is -0.299 e. The molecule has 0 aliphatic heterocycles. The Hall–Kier alpha value is -0.590. The van der Waals surface area contributed by atoms with Crippen LogP contribution in [0.25, 0.3) is 0 Å². The van der Waals surface area contributed by atoms with E-state index in [1.54, 1.807) is 6.92 Å². The number of ketones is 1. The van der Waals surface area contributed by atoms with E-state index in [4.69, 9.17) is 0 Å². The summed E-state index contributed by atoms with van der Waals surface area (Å²) < 4.78 is 0. The highest BCUT2D eigenvalue weighted by atomic mass is 16.1. The van der Waals surface area contributed by atoms with E-state index in [1.807, 2.05) is 0 Å². The molecule has 0 saturated heterocycles. The number of carbonyl (C=O) groups is 1. The van der Waals surface area contributed by atoms with Gasteiger partial charge < -0.3 is 0 Å². The van der Waals surface area contributed by atoms with Crippen molar-refractivity contribution in [2.24, 2.45) is 11.3 Å². The van der Waals surface area contributed by atoms with E-state index >= 15 is 0 Å². The van der Waals surface area contributed by atoms with Crippen molar-refractivity contribution in [3.05, 3.63) is 11.6 Å². The average molecular weight is 210 g/mol. The van der Waals surface area contributed by atoms with Gasteiger partial charge >= 0.3 is 0 Å². The molecule has 0 radical (unpaired) electrons. The maximum absolute atomic E-state index is 11.6. The Labute approximate surface area is 95.0 Å². The van der Waals surface area contributed by atoms with Gasteiger partial charge in [-0.25, -0.2) is 0 Å². The lowest BCUT2D eigenvalue weighted by Gasteiger charge is -2.30. The van der Waals surface area contributed by atoms with Gasteiger partial charge in [0.2, 0.25) is 0 Å². The molecule has 0 rings (SSSR count). The Kier molecular flexibility index (Phi) is 5.85. The molecule has 0 aromatic carbocycles. The van der Waals surface area contributed by atoms with Crippen molar-refractivity contribution >= 4 is 5.78 Å². The topological polar surface area (TPSA) is 17.1 Å². The molecule has 0 bridgehead atoms. The Bertz CT molecular complexity index is 240. The van der Waals surface area contributed by atoms with E-state index in [9.17, 15) is 4.79 Å². The van der Waals surface area contributed by atoms with Gasteiger partial charge in [0.25, 0.3) is 0 Å². The summed E-state index contributed by atoms with van der Waals surface area (Å²) in [4.78, 5) is 11.6. The number of hydrogen-bond donors (Lipinski definition) is 0. The Morgan fingerprint density at radius 1 is 1.33 bits per heavy atom. The van der Waals surface area contributed by atoms with Crippen LogP contribution in [0.5, 0.6) is 0 Å². The van der Waals surface area contributed by atoms with Crippen LogP contribution < -0.4 is 0 Å². The highest BCUT2D eigenvalue weighted by Crippen LogP contribution is 2.33. The first-order valence-corrected chi connectivity index (χ1v) is 6.06. The molecule has 0 aromatic heterocycles. The highest BCUT2D eigenvalue weighted by Gasteiger charge is 2.32. The number of hydrogen-bond acceptors (Lipinski definition) is 1. The van der Waals surface area contributed by atoms with E-state index in [-0.39, 0.29) is 5.41 Å². The lowest BCUT2D eigenvalue weighted by atomic mass is 9.72. The molecule has 88 valence electrons. The predicted molar refractivity (Wildman–Crippen MR) is 66.9 cm³/mol. The third kappa shape index (κ3) is 3.81. The van der Waals surface area contributed by atoms with Gasteiger partial charge in [-0.1, -0.05) is 45.8 Å². The molecule has 15 heavy (non-hydrogen) atoms. The molecule has 0 aliphatic rings. The zero-order valence-electron chi connectivity index (χ0n) is 11.2. The van der Waals surface area contributed by atoms with Crippen molar-refractivity contribution < 1.29 is 4.79 Å². The number of Topliss-reactive ketones (excluding diaryl/α,β-unsaturated/α-hetero) is 1. The monoisotopic (exact) mass is 210 g/mol. The second kappa shape index (κ2) is 6.09. The molecule has 1 heteroatoms. The summed E-state index contributed by atoms with van der Waals surface area (Å²) in [5.41, 5.74) is 1.22. The summed E-state index contributed by atoms with van der Waals surface area (Å²) >= 11 is 0. The molecule has 1 nitrogen and oxygen atoms in total.